The Kier molecular flexibility index (Phi) is 5.84. The van der Waals surface area contributed by atoms with Gasteiger partial charge in [-0.05, 0) is 61.3 Å². The highest BCUT2D eigenvalue weighted by atomic mass is 16.7. The molecule has 0 aromatic heterocycles. The number of nitrogens with zero attached hydrogens (tertiary/aromatic N) is 2. The molecule has 164 valence electrons. The minimum absolute atomic E-state index is 0.105. The van der Waals surface area contributed by atoms with Gasteiger partial charge in [-0.3, -0.25) is 4.79 Å². The fourth-order valence-electron chi connectivity index (χ4n) is 4.30. The van der Waals surface area contributed by atoms with Gasteiger partial charge in [-0.25, -0.2) is 0 Å². The normalized spacial score (nSPS) is 17.0. The van der Waals surface area contributed by atoms with Crippen molar-refractivity contribution in [2.24, 2.45) is 0 Å². The van der Waals surface area contributed by atoms with E-state index in [1.807, 2.05) is 41.3 Å². The Morgan fingerprint density at radius 3 is 2.32 bits per heavy atom. The number of amides is 1. The van der Waals surface area contributed by atoms with Crippen molar-refractivity contribution < 1.29 is 23.7 Å². The molecule has 3 aliphatic heterocycles. The number of hydrogen-bond donors (Lipinski definition) is 0. The van der Waals surface area contributed by atoms with Crippen molar-refractivity contribution in [2.45, 2.75) is 25.8 Å². The molecular weight excluding hydrogens is 396 g/mol. The van der Waals surface area contributed by atoms with E-state index in [1.165, 1.54) is 12.8 Å². The van der Waals surface area contributed by atoms with Crippen LogP contribution in [0.15, 0.2) is 36.4 Å². The van der Waals surface area contributed by atoms with Gasteiger partial charge in [0, 0.05) is 19.6 Å². The number of carbonyl (C=O) groups is 1. The summed E-state index contributed by atoms with van der Waals surface area (Å²) >= 11 is 0. The third-order valence-electron chi connectivity index (χ3n) is 6.01. The van der Waals surface area contributed by atoms with Crippen LogP contribution in [0.2, 0.25) is 0 Å². The van der Waals surface area contributed by atoms with Crippen LogP contribution >= 0.6 is 0 Å². The van der Waals surface area contributed by atoms with Gasteiger partial charge in [-0.2, -0.15) is 0 Å². The lowest BCUT2D eigenvalue weighted by Crippen LogP contribution is -2.38. The second-order valence-electron chi connectivity index (χ2n) is 8.21. The predicted molar refractivity (Wildman–Crippen MR) is 115 cm³/mol. The summed E-state index contributed by atoms with van der Waals surface area (Å²) in [5, 5.41) is 0. The lowest BCUT2D eigenvalue weighted by atomic mass is 10.1. The molecule has 0 spiro atoms. The van der Waals surface area contributed by atoms with Crippen LogP contribution in [0.5, 0.6) is 23.0 Å². The zero-order chi connectivity index (χ0) is 21.0. The van der Waals surface area contributed by atoms with Crippen LogP contribution in [0.4, 0.5) is 0 Å². The van der Waals surface area contributed by atoms with Crippen molar-refractivity contribution in [3.8, 4) is 23.0 Å². The topological polar surface area (TPSA) is 60.5 Å². The molecule has 31 heavy (non-hydrogen) atoms. The van der Waals surface area contributed by atoms with Crippen molar-refractivity contribution in [1.29, 1.82) is 0 Å². The molecule has 0 atom stereocenters. The summed E-state index contributed by atoms with van der Waals surface area (Å²) in [6.07, 6.45) is 2.82. The molecule has 1 saturated heterocycles. The van der Waals surface area contributed by atoms with Gasteiger partial charge in [-0.1, -0.05) is 12.1 Å². The molecule has 3 heterocycles. The molecule has 1 fully saturated rings. The number of carbonyl (C=O) groups excluding carboxylic acids is 1. The lowest BCUT2D eigenvalue weighted by molar-refractivity contribution is -0.131. The molecule has 5 rings (SSSR count). The fraction of sp³-hybridized carbons (Fsp3) is 0.458. The van der Waals surface area contributed by atoms with Crippen molar-refractivity contribution >= 4 is 5.91 Å². The molecule has 7 nitrogen and oxygen atoms in total. The highest BCUT2D eigenvalue weighted by Gasteiger charge is 2.21. The quantitative estimate of drug-likeness (QED) is 0.681. The van der Waals surface area contributed by atoms with Crippen molar-refractivity contribution in [1.82, 2.24) is 9.80 Å². The number of ether oxygens (including phenoxy) is 4. The van der Waals surface area contributed by atoms with Gasteiger partial charge in [0.1, 0.15) is 13.2 Å². The zero-order valence-electron chi connectivity index (χ0n) is 17.7. The number of hydrogen-bond acceptors (Lipinski definition) is 6. The largest absolute Gasteiger partial charge is 0.486 e. The number of likely N-dealkylation sites (tertiary alicyclic amines) is 1. The van der Waals surface area contributed by atoms with Gasteiger partial charge in [0.25, 0.3) is 0 Å². The third kappa shape index (κ3) is 4.71. The Labute approximate surface area is 182 Å². The minimum Gasteiger partial charge on any atom is -0.486 e. The van der Waals surface area contributed by atoms with E-state index in [4.69, 9.17) is 18.9 Å². The summed E-state index contributed by atoms with van der Waals surface area (Å²) < 4.78 is 22.2. The Bertz CT molecular complexity index is 942. The maximum atomic E-state index is 13.3. The van der Waals surface area contributed by atoms with E-state index in [9.17, 15) is 4.79 Å². The summed E-state index contributed by atoms with van der Waals surface area (Å²) in [5.74, 6) is 3.07. The van der Waals surface area contributed by atoms with Crippen LogP contribution in [0.1, 0.15) is 24.0 Å². The Balaban J connectivity index is 1.30. The molecule has 0 saturated carbocycles. The van der Waals surface area contributed by atoms with E-state index in [-0.39, 0.29) is 12.7 Å². The first-order chi connectivity index (χ1) is 15.2. The summed E-state index contributed by atoms with van der Waals surface area (Å²) in [5.41, 5.74) is 1.98. The van der Waals surface area contributed by atoms with Crippen molar-refractivity contribution in [3.63, 3.8) is 0 Å². The van der Waals surface area contributed by atoms with Crippen LogP contribution in [-0.2, 0) is 17.8 Å². The first kappa shape index (κ1) is 20.0. The summed E-state index contributed by atoms with van der Waals surface area (Å²) in [7, 11) is 0. The number of fused-ring (bicyclic) bond motifs is 2. The molecule has 1 amide bonds. The van der Waals surface area contributed by atoms with Gasteiger partial charge in [0.2, 0.25) is 12.7 Å². The highest BCUT2D eigenvalue weighted by Crippen LogP contribution is 2.33. The molecule has 2 aromatic rings. The van der Waals surface area contributed by atoms with Gasteiger partial charge in [-0.15, -0.1) is 0 Å². The van der Waals surface area contributed by atoms with Gasteiger partial charge >= 0.3 is 0 Å². The third-order valence-corrected chi connectivity index (χ3v) is 6.01. The van der Waals surface area contributed by atoms with E-state index < -0.39 is 0 Å². The van der Waals surface area contributed by atoms with Gasteiger partial charge in [0.05, 0.1) is 6.42 Å². The van der Waals surface area contributed by atoms with Crippen LogP contribution < -0.4 is 18.9 Å². The molecule has 0 N–H and O–H groups in total. The second kappa shape index (κ2) is 9.06. The highest BCUT2D eigenvalue weighted by molar-refractivity contribution is 5.79. The summed E-state index contributed by atoms with van der Waals surface area (Å²) in [6.45, 7) is 5.75. The average molecular weight is 424 g/mol. The molecule has 0 radical (unpaired) electrons. The van der Waals surface area contributed by atoms with E-state index in [0.717, 1.165) is 48.0 Å². The monoisotopic (exact) mass is 424 g/mol. The van der Waals surface area contributed by atoms with E-state index in [1.54, 1.807) is 0 Å². The molecule has 0 unspecified atom stereocenters. The molecular formula is C24H28N2O5. The molecule has 2 aromatic carbocycles. The van der Waals surface area contributed by atoms with Gasteiger partial charge < -0.3 is 28.7 Å². The summed E-state index contributed by atoms with van der Waals surface area (Å²) in [4.78, 5) is 17.7. The predicted octanol–water partition coefficient (Wildman–Crippen LogP) is 2.85. The van der Waals surface area contributed by atoms with Gasteiger partial charge in [0.15, 0.2) is 23.0 Å². The minimum atomic E-state index is 0.105. The van der Waals surface area contributed by atoms with Crippen LogP contribution in [0.25, 0.3) is 0 Å². The fourth-order valence-corrected chi connectivity index (χ4v) is 4.30. The average Bonchev–Trinajstić information content (AvgIpc) is 3.48. The maximum absolute atomic E-state index is 13.3. The Morgan fingerprint density at radius 2 is 1.48 bits per heavy atom. The number of benzene rings is 2. The molecule has 3 aliphatic rings. The van der Waals surface area contributed by atoms with Crippen LogP contribution in [-0.4, -0.2) is 61.9 Å². The molecule has 0 aliphatic carbocycles. The van der Waals surface area contributed by atoms with E-state index in [0.29, 0.717) is 38.5 Å². The Morgan fingerprint density at radius 1 is 0.839 bits per heavy atom. The van der Waals surface area contributed by atoms with Crippen LogP contribution in [0, 0.1) is 0 Å². The zero-order valence-corrected chi connectivity index (χ0v) is 17.7. The van der Waals surface area contributed by atoms with E-state index >= 15 is 0 Å². The standard InChI is InChI=1S/C24H28N2O5/c27-24(15-18-3-5-21-23(13-18)31-17-30-21)26(10-9-25-7-1-2-8-25)16-19-4-6-20-22(14-19)29-12-11-28-20/h3-6,13-14H,1-2,7-12,15-17H2. The van der Waals surface area contributed by atoms with Crippen molar-refractivity contribution in [3.05, 3.63) is 47.5 Å². The Hall–Kier alpha value is -2.93. The SMILES string of the molecule is O=C(Cc1ccc2c(c1)OCO2)N(CCN1CCCC1)Cc1ccc2c(c1)OCCO2. The lowest BCUT2D eigenvalue weighted by Gasteiger charge is -2.26. The smallest absolute Gasteiger partial charge is 0.231 e. The summed E-state index contributed by atoms with van der Waals surface area (Å²) in [6, 6.07) is 11.7. The molecule has 0 bridgehead atoms. The second-order valence-corrected chi connectivity index (χ2v) is 8.21. The maximum Gasteiger partial charge on any atom is 0.231 e. The first-order valence-corrected chi connectivity index (χ1v) is 11.0. The first-order valence-electron chi connectivity index (χ1n) is 11.0. The number of rotatable bonds is 7. The van der Waals surface area contributed by atoms with Crippen LogP contribution in [0.3, 0.4) is 0 Å². The molecule has 7 heteroatoms. The van der Waals surface area contributed by atoms with Crippen molar-refractivity contribution in [2.75, 3.05) is 46.2 Å². The van der Waals surface area contributed by atoms with E-state index in [2.05, 4.69) is 4.90 Å².